The van der Waals surface area contributed by atoms with Gasteiger partial charge in [0.2, 0.25) is 0 Å². The minimum atomic E-state index is -0.712. The lowest BCUT2D eigenvalue weighted by molar-refractivity contribution is -0.135. The van der Waals surface area contributed by atoms with Gasteiger partial charge in [0.25, 0.3) is 0 Å². The number of rotatable bonds is 4. The highest BCUT2D eigenvalue weighted by Crippen LogP contribution is 2.21. The molecule has 0 saturated heterocycles. The molecular formula is C12H11FN2O2S. The van der Waals surface area contributed by atoms with Gasteiger partial charge in [-0.3, -0.25) is 0 Å². The van der Waals surface area contributed by atoms with E-state index in [1.54, 1.807) is 12.3 Å². The third kappa shape index (κ3) is 3.50. The second-order valence-electron chi connectivity index (χ2n) is 3.14. The smallest absolute Gasteiger partial charge is 0.351 e. The third-order valence-electron chi connectivity index (χ3n) is 2.03. The summed E-state index contributed by atoms with van der Waals surface area (Å²) in [5.74, 6) is -1.07. The largest absolute Gasteiger partial charge is 0.465 e. The van der Waals surface area contributed by atoms with Gasteiger partial charge in [0.05, 0.1) is 12.1 Å². The van der Waals surface area contributed by atoms with Crippen molar-refractivity contribution in [2.45, 2.75) is 0 Å². The van der Waals surface area contributed by atoms with E-state index >= 15 is 0 Å². The number of thioether (sulfide) groups is 1. The van der Waals surface area contributed by atoms with Crippen LogP contribution in [0.1, 0.15) is 0 Å². The molecule has 0 amide bonds. The summed E-state index contributed by atoms with van der Waals surface area (Å²) in [6.07, 6.45) is 1.71. The zero-order chi connectivity index (χ0) is 13.5. The number of methoxy groups -OCH3 is 1. The lowest BCUT2D eigenvalue weighted by atomic mass is 10.3. The average molecular weight is 266 g/mol. The Morgan fingerprint density at radius 1 is 1.44 bits per heavy atom. The average Bonchev–Trinajstić information content (AvgIpc) is 2.40. The van der Waals surface area contributed by atoms with Crippen molar-refractivity contribution in [1.29, 1.82) is 5.26 Å². The number of carbonyl (C=O) groups excluding carboxylic acids is 1. The molecule has 0 bridgehead atoms. The number of nitrogens with zero attached hydrogens (tertiary/aromatic N) is 1. The lowest BCUT2D eigenvalue weighted by Crippen LogP contribution is -2.09. The van der Waals surface area contributed by atoms with Crippen molar-refractivity contribution in [2.75, 3.05) is 18.7 Å². The van der Waals surface area contributed by atoms with Crippen molar-refractivity contribution < 1.29 is 13.9 Å². The highest BCUT2D eigenvalue weighted by molar-refractivity contribution is 8.02. The molecule has 0 aliphatic carbocycles. The van der Waals surface area contributed by atoms with Crippen molar-refractivity contribution in [3.05, 3.63) is 40.7 Å². The normalized spacial score (nSPS) is 11.2. The van der Waals surface area contributed by atoms with Crippen LogP contribution in [-0.2, 0) is 9.53 Å². The van der Waals surface area contributed by atoms with Gasteiger partial charge >= 0.3 is 5.97 Å². The van der Waals surface area contributed by atoms with Gasteiger partial charge in [-0.1, -0.05) is 0 Å². The van der Waals surface area contributed by atoms with E-state index < -0.39 is 5.97 Å². The standard InChI is InChI=1S/C12H11FN2O2S/c1-17-12(16)10(7-14)11(18-2)15-9-5-3-8(13)4-6-9/h3-6,15H,1-2H3/b11-10-. The molecule has 0 heterocycles. The van der Waals surface area contributed by atoms with Crippen molar-refractivity contribution in [3.8, 4) is 6.07 Å². The monoisotopic (exact) mass is 266 g/mol. The Hall–Kier alpha value is -2.00. The van der Waals surface area contributed by atoms with Gasteiger partial charge in [0.15, 0.2) is 5.57 Å². The summed E-state index contributed by atoms with van der Waals surface area (Å²) in [6, 6.07) is 7.37. The summed E-state index contributed by atoms with van der Waals surface area (Å²) in [7, 11) is 1.20. The summed E-state index contributed by atoms with van der Waals surface area (Å²) < 4.78 is 17.3. The Labute approximate surface area is 108 Å². The van der Waals surface area contributed by atoms with Crippen LogP contribution in [0.4, 0.5) is 10.1 Å². The van der Waals surface area contributed by atoms with Gasteiger partial charge in [0, 0.05) is 5.69 Å². The Balaban J connectivity index is 3.03. The first-order valence-corrected chi connectivity index (χ1v) is 6.14. The van der Waals surface area contributed by atoms with E-state index in [1.165, 1.54) is 43.1 Å². The van der Waals surface area contributed by atoms with E-state index in [9.17, 15) is 9.18 Å². The first-order valence-electron chi connectivity index (χ1n) is 4.91. The number of carbonyl (C=O) groups is 1. The van der Waals surface area contributed by atoms with Crippen LogP contribution in [0.25, 0.3) is 0 Å². The molecule has 0 aliphatic heterocycles. The summed E-state index contributed by atoms with van der Waals surface area (Å²) >= 11 is 1.20. The highest BCUT2D eigenvalue weighted by Gasteiger charge is 2.15. The predicted molar refractivity (Wildman–Crippen MR) is 68.2 cm³/mol. The van der Waals surface area contributed by atoms with Crippen LogP contribution in [-0.4, -0.2) is 19.3 Å². The molecule has 18 heavy (non-hydrogen) atoms. The minimum Gasteiger partial charge on any atom is -0.465 e. The van der Waals surface area contributed by atoms with Crippen LogP contribution in [0, 0.1) is 17.1 Å². The van der Waals surface area contributed by atoms with Crippen molar-refractivity contribution in [1.82, 2.24) is 0 Å². The molecule has 0 fully saturated rings. The fraction of sp³-hybridized carbons (Fsp3) is 0.167. The molecule has 94 valence electrons. The van der Waals surface area contributed by atoms with Crippen LogP contribution >= 0.6 is 11.8 Å². The van der Waals surface area contributed by atoms with Crippen molar-refractivity contribution in [2.24, 2.45) is 0 Å². The molecule has 0 aromatic heterocycles. The molecule has 0 radical (unpaired) electrons. The lowest BCUT2D eigenvalue weighted by Gasteiger charge is -2.10. The van der Waals surface area contributed by atoms with Crippen LogP contribution in [0.3, 0.4) is 0 Å². The van der Waals surface area contributed by atoms with Crippen LogP contribution in [0.15, 0.2) is 34.9 Å². The Morgan fingerprint density at radius 2 is 2.06 bits per heavy atom. The number of hydrogen-bond acceptors (Lipinski definition) is 5. The van der Waals surface area contributed by atoms with E-state index in [2.05, 4.69) is 10.1 Å². The van der Waals surface area contributed by atoms with E-state index in [1.807, 2.05) is 0 Å². The number of anilines is 1. The first-order chi connectivity index (χ1) is 8.62. The Kier molecular flexibility index (Phi) is 5.21. The molecule has 1 N–H and O–H groups in total. The number of nitrogens with one attached hydrogen (secondary N) is 1. The van der Waals surface area contributed by atoms with Crippen molar-refractivity contribution in [3.63, 3.8) is 0 Å². The van der Waals surface area contributed by atoms with Crippen LogP contribution in [0.5, 0.6) is 0 Å². The van der Waals surface area contributed by atoms with E-state index in [-0.39, 0.29) is 11.4 Å². The van der Waals surface area contributed by atoms with Crippen LogP contribution in [0.2, 0.25) is 0 Å². The number of hydrogen-bond donors (Lipinski definition) is 1. The van der Waals surface area contributed by atoms with Gasteiger partial charge in [-0.2, -0.15) is 5.26 Å². The maximum Gasteiger partial charge on any atom is 0.351 e. The second-order valence-corrected chi connectivity index (χ2v) is 3.96. The molecule has 1 aromatic rings. The van der Waals surface area contributed by atoms with Gasteiger partial charge in [-0.15, -0.1) is 11.8 Å². The molecular weight excluding hydrogens is 255 g/mol. The molecule has 0 aliphatic rings. The SMILES string of the molecule is COC(=O)/C(C#N)=C(/Nc1ccc(F)cc1)SC. The molecule has 1 aromatic carbocycles. The van der Waals surface area contributed by atoms with Gasteiger partial charge in [-0.25, -0.2) is 9.18 Å². The number of ether oxygens (including phenoxy) is 1. The zero-order valence-corrected chi connectivity index (χ0v) is 10.7. The van der Waals surface area contributed by atoms with Gasteiger partial charge in [-0.05, 0) is 30.5 Å². The van der Waals surface area contributed by atoms with Crippen LogP contribution < -0.4 is 5.32 Å². The molecule has 0 atom stereocenters. The van der Waals surface area contributed by atoms with E-state index in [0.717, 1.165) is 0 Å². The second kappa shape index (κ2) is 6.67. The predicted octanol–water partition coefficient (Wildman–Crippen LogP) is 2.51. The van der Waals surface area contributed by atoms with Crippen molar-refractivity contribution >= 4 is 23.4 Å². The summed E-state index contributed by atoms with van der Waals surface area (Å²) in [6.45, 7) is 0. The maximum atomic E-state index is 12.7. The highest BCUT2D eigenvalue weighted by atomic mass is 32.2. The summed E-state index contributed by atoms with van der Waals surface area (Å²) in [4.78, 5) is 11.4. The fourth-order valence-electron chi connectivity index (χ4n) is 1.17. The zero-order valence-electron chi connectivity index (χ0n) is 9.86. The number of halogens is 1. The topological polar surface area (TPSA) is 62.1 Å². The molecule has 0 spiro atoms. The minimum absolute atomic E-state index is 0.116. The molecule has 0 unspecified atom stereocenters. The van der Waals surface area contributed by atoms with Gasteiger partial charge < -0.3 is 10.1 Å². The van der Waals surface area contributed by atoms with E-state index in [4.69, 9.17) is 5.26 Å². The Bertz CT molecular complexity index is 506. The number of nitriles is 1. The number of esters is 1. The van der Waals surface area contributed by atoms with Gasteiger partial charge in [0.1, 0.15) is 11.9 Å². The molecule has 1 rings (SSSR count). The fourth-order valence-corrected chi connectivity index (χ4v) is 1.72. The number of benzene rings is 1. The molecule has 4 nitrogen and oxygen atoms in total. The third-order valence-corrected chi connectivity index (χ3v) is 2.75. The first kappa shape index (κ1) is 14.1. The summed E-state index contributed by atoms with van der Waals surface area (Å²) in [5.41, 5.74) is 0.465. The maximum absolute atomic E-state index is 12.7. The van der Waals surface area contributed by atoms with E-state index in [0.29, 0.717) is 10.7 Å². The quantitative estimate of drug-likeness (QED) is 0.515. The molecule has 0 saturated carbocycles. The molecule has 6 heteroatoms. The summed E-state index contributed by atoms with van der Waals surface area (Å²) in [5, 5.41) is 12.2. The Morgan fingerprint density at radius 3 is 2.50 bits per heavy atom.